The van der Waals surface area contributed by atoms with Crippen molar-refractivity contribution in [2.24, 2.45) is 5.10 Å². The van der Waals surface area contributed by atoms with Gasteiger partial charge in [0, 0.05) is 38.8 Å². The van der Waals surface area contributed by atoms with E-state index in [0.717, 1.165) is 57.2 Å². The number of ether oxygens (including phenoxy) is 3. The van der Waals surface area contributed by atoms with Gasteiger partial charge in [0.05, 0.1) is 38.3 Å². The SMILES string of the molecule is Cc1cccc(C=NNc2cc(N3CCOCC3)c(Cl)c(OCCN3CCOCC3)n2)c1. The van der Waals surface area contributed by atoms with Crippen LogP contribution in [0, 0.1) is 6.92 Å². The molecular formula is C23H30ClN5O3. The summed E-state index contributed by atoms with van der Waals surface area (Å²) in [6.45, 7) is 9.59. The number of hydrazone groups is 1. The molecule has 0 bridgehead atoms. The molecule has 0 spiro atoms. The van der Waals surface area contributed by atoms with Crippen LogP contribution < -0.4 is 15.1 Å². The third-order valence-corrected chi connectivity index (χ3v) is 5.80. The summed E-state index contributed by atoms with van der Waals surface area (Å²) in [7, 11) is 0. The molecule has 1 aromatic carbocycles. The lowest BCUT2D eigenvalue weighted by molar-refractivity contribution is 0.0320. The number of nitrogens with zero attached hydrogens (tertiary/aromatic N) is 4. The van der Waals surface area contributed by atoms with Crippen LogP contribution in [-0.2, 0) is 9.47 Å². The first kappa shape index (κ1) is 22.8. The number of hydrogen-bond donors (Lipinski definition) is 1. The van der Waals surface area contributed by atoms with E-state index in [9.17, 15) is 0 Å². The Balaban J connectivity index is 1.48. The molecule has 0 unspecified atom stereocenters. The van der Waals surface area contributed by atoms with Gasteiger partial charge < -0.3 is 19.1 Å². The molecule has 0 atom stereocenters. The summed E-state index contributed by atoms with van der Waals surface area (Å²) in [6, 6.07) is 10.1. The molecule has 32 heavy (non-hydrogen) atoms. The number of anilines is 2. The van der Waals surface area contributed by atoms with Crippen LogP contribution >= 0.6 is 11.6 Å². The van der Waals surface area contributed by atoms with E-state index in [1.165, 1.54) is 5.56 Å². The van der Waals surface area contributed by atoms with Crippen LogP contribution in [0.4, 0.5) is 11.5 Å². The zero-order valence-electron chi connectivity index (χ0n) is 18.4. The second-order valence-electron chi connectivity index (χ2n) is 7.83. The van der Waals surface area contributed by atoms with Gasteiger partial charge in [-0.05, 0) is 12.5 Å². The lowest BCUT2D eigenvalue weighted by atomic mass is 10.2. The Morgan fingerprint density at radius 1 is 1.12 bits per heavy atom. The molecule has 2 aliphatic rings. The number of aromatic nitrogens is 1. The predicted molar refractivity (Wildman–Crippen MR) is 127 cm³/mol. The fraction of sp³-hybridized carbons (Fsp3) is 0.478. The van der Waals surface area contributed by atoms with Crippen molar-refractivity contribution in [3.8, 4) is 5.88 Å². The van der Waals surface area contributed by atoms with Gasteiger partial charge in [-0.25, -0.2) is 0 Å². The van der Waals surface area contributed by atoms with Gasteiger partial charge in [0.25, 0.3) is 0 Å². The number of morpholine rings is 2. The number of pyridine rings is 1. The van der Waals surface area contributed by atoms with E-state index in [1.807, 2.05) is 18.2 Å². The van der Waals surface area contributed by atoms with Crippen LogP contribution in [-0.4, -0.2) is 81.9 Å². The van der Waals surface area contributed by atoms with Crippen molar-refractivity contribution in [1.82, 2.24) is 9.88 Å². The Morgan fingerprint density at radius 2 is 1.88 bits per heavy atom. The van der Waals surface area contributed by atoms with Gasteiger partial charge in [0.1, 0.15) is 11.6 Å². The molecule has 2 saturated heterocycles. The van der Waals surface area contributed by atoms with Gasteiger partial charge in [0.15, 0.2) is 5.82 Å². The standard InChI is InChI=1S/C23H30ClN5O3/c1-18-3-2-4-19(15-18)17-25-27-21-16-20(29-8-12-31-13-9-29)22(24)23(26-21)32-14-7-28-5-10-30-11-6-28/h2-4,15-17H,5-14H2,1H3,(H,26,27). The first-order chi connectivity index (χ1) is 15.7. The highest BCUT2D eigenvalue weighted by Gasteiger charge is 2.20. The van der Waals surface area contributed by atoms with Crippen LogP contribution in [0.5, 0.6) is 5.88 Å². The highest BCUT2D eigenvalue weighted by atomic mass is 35.5. The van der Waals surface area contributed by atoms with E-state index < -0.39 is 0 Å². The van der Waals surface area contributed by atoms with E-state index in [-0.39, 0.29) is 0 Å². The minimum atomic E-state index is 0.414. The number of aryl methyl sites for hydroxylation is 1. The van der Waals surface area contributed by atoms with Gasteiger partial charge in [-0.1, -0.05) is 41.4 Å². The van der Waals surface area contributed by atoms with Crippen LogP contribution in [0.3, 0.4) is 0 Å². The molecule has 0 radical (unpaired) electrons. The molecule has 0 amide bonds. The predicted octanol–water partition coefficient (Wildman–Crippen LogP) is 3.04. The second kappa shape index (κ2) is 11.5. The van der Waals surface area contributed by atoms with Crippen LogP contribution in [0.1, 0.15) is 11.1 Å². The van der Waals surface area contributed by atoms with Crippen molar-refractivity contribution in [1.29, 1.82) is 0 Å². The summed E-state index contributed by atoms with van der Waals surface area (Å²) in [4.78, 5) is 9.09. The molecule has 3 heterocycles. The first-order valence-electron chi connectivity index (χ1n) is 11.0. The van der Waals surface area contributed by atoms with Crippen molar-refractivity contribution in [3.63, 3.8) is 0 Å². The summed E-state index contributed by atoms with van der Waals surface area (Å²) >= 11 is 6.71. The van der Waals surface area contributed by atoms with E-state index in [0.29, 0.717) is 36.5 Å². The molecule has 0 aliphatic carbocycles. The van der Waals surface area contributed by atoms with Gasteiger partial charge in [0.2, 0.25) is 5.88 Å². The summed E-state index contributed by atoms with van der Waals surface area (Å²) in [5, 5.41) is 4.88. The molecule has 9 heteroatoms. The fourth-order valence-corrected chi connectivity index (χ4v) is 3.97. The van der Waals surface area contributed by atoms with E-state index in [1.54, 1.807) is 6.21 Å². The van der Waals surface area contributed by atoms with Gasteiger partial charge >= 0.3 is 0 Å². The lowest BCUT2D eigenvalue weighted by Gasteiger charge is -2.30. The average Bonchev–Trinajstić information content (AvgIpc) is 2.82. The van der Waals surface area contributed by atoms with E-state index in [4.69, 9.17) is 25.8 Å². The van der Waals surface area contributed by atoms with E-state index >= 15 is 0 Å². The number of nitrogens with one attached hydrogen (secondary N) is 1. The minimum Gasteiger partial charge on any atom is -0.475 e. The molecule has 1 aromatic heterocycles. The molecule has 172 valence electrons. The second-order valence-corrected chi connectivity index (χ2v) is 8.21. The van der Waals surface area contributed by atoms with Crippen molar-refractivity contribution in [3.05, 3.63) is 46.5 Å². The van der Waals surface area contributed by atoms with Crippen molar-refractivity contribution < 1.29 is 14.2 Å². The maximum atomic E-state index is 6.71. The number of rotatable bonds is 8. The van der Waals surface area contributed by atoms with Gasteiger partial charge in [-0.2, -0.15) is 10.1 Å². The highest BCUT2D eigenvalue weighted by molar-refractivity contribution is 6.34. The largest absolute Gasteiger partial charge is 0.475 e. The summed E-state index contributed by atoms with van der Waals surface area (Å²) in [6.07, 6.45) is 1.77. The van der Waals surface area contributed by atoms with E-state index in [2.05, 4.69) is 44.4 Å². The molecule has 2 fully saturated rings. The maximum absolute atomic E-state index is 6.71. The Labute approximate surface area is 194 Å². The van der Waals surface area contributed by atoms with Crippen molar-refractivity contribution in [2.45, 2.75) is 6.92 Å². The Kier molecular flexibility index (Phi) is 8.17. The smallest absolute Gasteiger partial charge is 0.236 e. The summed E-state index contributed by atoms with van der Waals surface area (Å²) < 4.78 is 16.9. The van der Waals surface area contributed by atoms with Gasteiger partial charge in [-0.15, -0.1) is 0 Å². The Bertz CT molecular complexity index is 915. The summed E-state index contributed by atoms with van der Waals surface area (Å²) in [5.41, 5.74) is 6.11. The Hall–Kier alpha value is -2.39. The number of benzene rings is 1. The number of halogens is 1. The lowest BCUT2D eigenvalue weighted by Crippen LogP contribution is -2.38. The zero-order valence-corrected chi connectivity index (χ0v) is 19.2. The first-order valence-corrected chi connectivity index (χ1v) is 11.4. The Morgan fingerprint density at radius 3 is 2.62 bits per heavy atom. The normalized spacial score (nSPS) is 17.6. The number of hydrogen-bond acceptors (Lipinski definition) is 8. The molecule has 0 saturated carbocycles. The van der Waals surface area contributed by atoms with Crippen molar-refractivity contribution >= 4 is 29.3 Å². The average molecular weight is 460 g/mol. The molecule has 8 nitrogen and oxygen atoms in total. The molecule has 2 aliphatic heterocycles. The molecule has 1 N–H and O–H groups in total. The minimum absolute atomic E-state index is 0.414. The highest BCUT2D eigenvalue weighted by Crippen LogP contribution is 2.36. The monoisotopic (exact) mass is 459 g/mol. The van der Waals surface area contributed by atoms with Gasteiger partial charge in [-0.3, -0.25) is 10.3 Å². The van der Waals surface area contributed by atoms with Crippen LogP contribution in [0.15, 0.2) is 35.4 Å². The maximum Gasteiger partial charge on any atom is 0.236 e. The molecular weight excluding hydrogens is 430 g/mol. The topological polar surface area (TPSA) is 71.5 Å². The third-order valence-electron chi connectivity index (χ3n) is 5.44. The van der Waals surface area contributed by atoms with Crippen LogP contribution in [0.2, 0.25) is 5.02 Å². The quantitative estimate of drug-likeness (QED) is 0.480. The molecule has 4 rings (SSSR count). The fourth-order valence-electron chi connectivity index (χ4n) is 3.70. The zero-order chi connectivity index (χ0) is 22.2. The van der Waals surface area contributed by atoms with Crippen molar-refractivity contribution in [2.75, 3.05) is 76.1 Å². The summed E-state index contributed by atoms with van der Waals surface area (Å²) in [5.74, 6) is 0.998. The van der Waals surface area contributed by atoms with Crippen LogP contribution in [0.25, 0.3) is 0 Å². The third kappa shape index (κ3) is 6.32. The molecule has 2 aromatic rings.